The second-order valence-electron chi connectivity index (χ2n) is 7.81. The molecule has 0 aliphatic carbocycles. The highest BCUT2D eigenvalue weighted by Gasteiger charge is 2.27. The van der Waals surface area contributed by atoms with Gasteiger partial charge in [0.05, 0.1) is 11.5 Å². The van der Waals surface area contributed by atoms with Crippen molar-refractivity contribution in [2.75, 3.05) is 6.54 Å². The van der Waals surface area contributed by atoms with Crippen molar-refractivity contribution in [2.45, 2.75) is 39.4 Å². The van der Waals surface area contributed by atoms with Crippen LogP contribution in [0.25, 0.3) is 0 Å². The van der Waals surface area contributed by atoms with Gasteiger partial charge in [-0.15, -0.1) is 11.3 Å². The van der Waals surface area contributed by atoms with Crippen molar-refractivity contribution in [1.29, 1.82) is 0 Å². The van der Waals surface area contributed by atoms with Gasteiger partial charge in [0.15, 0.2) is 0 Å². The molecule has 2 aromatic carbocycles. The first kappa shape index (κ1) is 24.1. The molecule has 0 saturated carbocycles. The zero-order valence-corrected chi connectivity index (χ0v) is 19.5. The number of hydrogen-bond acceptors (Lipinski definition) is 5. The van der Waals surface area contributed by atoms with E-state index in [1.807, 2.05) is 61.7 Å². The SMILES string of the molecule is CC[C@@H](C)N(CC(=O)N(Cc1ccccc1)Cc1cccs1)C(=O)c1cccc([N+](=O)[O-])c1. The number of benzene rings is 2. The number of nitro groups is 1. The molecule has 3 aromatic rings. The maximum Gasteiger partial charge on any atom is 0.270 e. The van der Waals surface area contributed by atoms with Crippen LogP contribution in [0.2, 0.25) is 0 Å². The highest BCUT2D eigenvalue weighted by molar-refractivity contribution is 7.09. The number of nitrogens with zero attached hydrogens (tertiary/aromatic N) is 3. The van der Waals surface area contributed by atoms with E-state index in [9.17, 15) is 19.7 Å². The number of rotatable bonds is 10. The van der Waals surface area contributed by atoms with E-state index in [0.29, 0.717) is 19.5 Å². The first-order valence-electron chi connectivity index (χ1n) is 10.8. The van der Waals surface area contributed by atoms with Crippen LogP contribution in [0.3, 0.4) is 0 Å². The largest absolute Gasteiger partial charge is 0.332 e. The first-order chi connectivity index (χ1) is 15.9. The third-order valence-corrected chi connectivity index (χ3v) is 6.35. The number of amides is 2. The highest BCUT2D eigenvalue weighted by atomic mass is 32.1. The first-order valence-corrected chi connectivity index (χ1v) is 11.7. The van der Waals surface area contributed by atoms with E-state index in [4.69, 9.17) is 0 Å². The predicted molar refractivity (Wildman–Crippen MR) is 129 cm³/mol. The molecule has 172 valence electrons. The summed E-state index contributed by atoms with van der Waals surface area (Å²) in [6.07, 6.45) is 0.650. The van der Waals surface area contributed by atoms with Gasteiger partial charge in [0.25, 0.3) is 11.6 Å². The van der Waals surface area contributed by atoms with Crippen molar-refractivity contribution in [1.82, 2.24) is 9.80 Å². The Hall–Kier alpha value is -3.52. The van der Waals surface area contributed by atoms with Crippen LogP contribution in [0.5, 0.6) is 0 Å². The van der Waals surface area contributed by atoms with E-state index in [0.717, 1.165) is 10.4 Å². The maximum absolute atomic E-state index is 13.4. The lowest BCUT2D eigenvalue weighted by Crippen LogP contribution is -2.46. The molecule has 0 aliphatic heterocycles. The van der Waals surface area contributed by atoms with Crippen molar-refractivity contribution in [3.05, 3.63) is 98.2 Å². The second kappa shape index (κ2) is 11.4. The molecule has 0 aliphatic rings. The third-order valence-electron chi connectivity index (χ3n) is 5.49. The zero-order chi connectivity index (χ0) is 23.8. The Morgan fingerprint density at radius 1 is 1.03 bits per heavy atom. The van der Waals surface area contributed by atoms with Crippen molar-refractivity contribution in [3.8, 4) is 0 Å². The summed E-state index contributed by atoms with van der Waals surface area (Å²) in [5, 5.41) is 13.1. The Labute approximate surface area is 197 Å². The Morgan fingerprint density at radius 3 is 2.42 bits per heavy atom. The zero-order valence-electron chi connectivity index (χ0n) is 18.7. The lowest BCUT2D eigenvalue weighted by atomic mass is 10.1. The molecule has 0 spiro atoms. The lowest BCUT2D eigenvalue weighted by molar-refractivity contribution is -0.384. The van der Waals surface area contributed by atoms with Gasteiger partial charge in [-0.05, 0) is 36.4 Å². The molecule has 3 rings (SSSR count). The summed E-state index contributed by atoms with van der Waals surface area (Å²) >= 11 is 1.58. The van der Waals surface area contributed by atoms with E-state index >= 15 is 0 Å². The fourth-order valence-corrected chi connectivity index (χ4v) is 4.16. The van der Waals surface area contributed by atoms with E-state index in [1.165, 1.54) is 23.1 Å². The minimum atomic E-state index is -0.530. The Balaban J connectivity index is 1.84. The van der Waals surface area contributed by atoms with Gasteiger partial charge < -0.3 is 9.80 Å². The normalized spacial score (nSPS) is 11.6. The van der Waals surface area contributed by atoms with Crippen LogP contribution < -0.4 is 0 Å². The second-order valence-corrected chi connectivity index (χ2v) is 8.84. The van der Waals surface area contributed by atoms with E-state index in [1.54, 1.807) is 22.3 Å². The van der Waals surface area contributed by atoms with Gasteiger partial charge in [-0.3, -0.25) is 19.7 Å². The van der Waals surface area contributed by atoms with Crippen LogP contribution in [0.4, 0.5) is 5.69 Å². The quantitative estimate of drug-likeness (QED) is 0.307. The predicted octanol–water partition coefficient (Wildman–Crippen LogP) is 5.13. The molecule has 7 nitrogen and oxygen atoms in total. The highest BCUT2D eigenvalue weighted by Crippen LogP contribution is 2.19. The van der Waals surface area contributed by atoms with Gasteiger partial charge in [0, 0.05) is 35.2 Å². The van der Waals surface area contributed by atoms with E-state index in [-0.39, 0.29) is 29.7 Å². The third kappa shape index (κ3) is 6.49. The topological polar surface area (TPSA) is 83.8 Å². The minimum absolute atomic E-state index is 0.102. The number of nitro benzene ring substituents is 1. The summed E-state index contributed by atoms with van der Waals surface area (Å²) in [6, 6.07) is 19.1. The summed E-state index contributed by atoms with van der Waals surface area (Å²) in [6.45, 7) is 4.59. The average Bonchev–Trinajstić information content (AvgIpc) is 3.35. The molecule has 1 aromatic heterocycles. The van der Waals surface area contributed by atoms with Crippen LogP contribution in [0, 0.1) is 10.1 Å². The standard InChI is InChI=1S/C25H27N3O4S/c1-3-19(2)27(25(30)21-11-7-12-22(15-21)28(31)32)18-24(29)26(17-23-13-8-14-33-23)16-20-9-5-4-6-10-20/h4-15,19H,3,16-18H2,1-2H3/t19-/m1/s1. The molecule has 0 unspecified atom stereocenters. The fraction of sp³-hybridized carbons (Fsp3) is 0.280. The van der Waals surface area contributed by atoms with Gasteiger partial charge in [-0.25, -0.2) is 0 Å². The monoisotopic (exact) mass is 465 g/mol. The number of non-ortho nitro benzene ring substituents is 1. The molecule has 2 amide bonds. The van der Waals surface area contributed by atoms with Crippen LogP contribution in [0.1, 0.15) is 41.1 Å². The van der Waals surface area contributed by atoms with Crippen molar-refractivity contribution >= 4 is 28.8 Å². The molecule has 0 radical (unpaired) electrons. The van der Waals surface area contributed by atoms with Gasteiger partial charge >= 0.3 is 0 Å². The van der Waals surface area contributed by atoms with Gasteiger partial charge in [-0.1, -0.05) is 49.4 Å². The van der Waals surface area contributed by atoms with Crippen LogP contribution in [0.15, 0.2) is 72.1 Å². The Morgan fingerprint density at radius 2 is 1.79 bits per heavy atom. The maximum atomic E-state index is 13.4. The van der Waals surface area contributed by atoms with Crippen molar-refractivity contribution < 1.29 is 14.5 Å². The lowest BCUT2D eigenvalue weighted by Gasteiger charge is -2.31. The van der Waals surface area contributed by atoms with E-state index < -0.39 is 10.8 Å². The molecule has 8 heteroatoms. The number of carbonyl (C=O) groups is 2. The molecular formula is C25H27N3O4S. The summed E-state index contributed by atoms with van der Waals surface area (Å²) < 4.78 is 0. The summed E-state index contributed by atoms with van der Waals surface area (Å²) in [5.74, 6) is -0.566. The Bertz CT molecular complexity index is 1090. The number of thiophene rings is 1. The Kier molecular flexibility index (Phi) is 8.32. The van der Waals surface area contributed by atoms with Gasteiger partial charge in [0.2, 0.25) is 5.91 Å². The van der Waals surface area contributed by atoms with Crippen LogP contribution in [-0.4, -0.2) is 39.1 Å². The van der Waals surface area contributed by atoms with Crippen molar-refractivity contribution in [2.24, 2.45) is 0 Å². The number of hydrogen-bond donors (Lipinski definition) is 0. The van der Waals surface area contributed by atoms with E-state index in [2.05, 4.69) is 0 Å². The summed E-state index contributed by atoms with van der Waals surface area (Å²) in [4.78, 5) is 41.7. The van der Waals surface area contributed by atoms with Crippen LogP contribution >= 0.6 is 11.3 Å². The number of carbonyl (C=O) groups excluding carboxylic acids is 2. The van der Waals surface area contributed by atoms with Gasteiger partial charge in [0.1, 0.15) is 6.54 Å². The molecule has 0 N–H and O–H groups in total. The smallest absolute Gasteiger partial charge is 0.270 e. The molecule has 0 fully saturated rings. The molecule has 1 heterocycles. The summed E-state index contributed by atoms with van der Waals surface area (Å²) in [7, 11) is 0. The molecular weight excluding hydrogens is 438 g/mol. The summed E-state index contributed by atoms with van der Waals surface area (Å²) in [5.41, 5.74) is 1.05. The van der Waals surface area contributed by atoms with Crippen molar-refractivity contribution in [3.63, 3.8) is 0 Å². The van der Waals surface area contributed by atoms with Crippen LogP contribution in [-0.2, 0) is 17.9 Å². The average molecular weight is 466 g/mol. The fourth-order valence-electron chi connectivity index (χ4n) is 3.44. The van der Waals surface area contributed by atoms with Gasteiger partial charge in [-0.2, -0.15) is 0 Å². The molecule has 0 bridgehead atoms. The molecule has 33 heavy (non-hydrogen) atoms. The molecule has 1 atom stereocenters. The molecule has 0 saturated heterocycles. The minimum Gasteiger partial charge on any atom is -0.332 e.